The molecule has 1 rings (SSSR count). The lowest BCUT2D eigenvalue weighted by atomic mass is 9.98. The van der Waals surface area contributed by atoms with Gasteiger partial charge in [0.25, 0.3) is 5.91 Å². The van der Waals surface area contributed by atoms with Crippen LogP contribution in [0.25, 0.3) is 0 Å². The van der Waals surface area contributed by atoms with Crippen molar-refractivity contribution in [3.8, 4) is 12.3 Å². The third-order valence-electron chi connectivity index (χ3n) is 2.39. The second kappa shape index (κ2) is 9.13. The number of terminal acetylenes is 1. The molecule has 118 valence electrons. The van der Waals surface area contributed by atoms with Crippen LogP contribution in [0.15, 0.2) is 33.1 Å². The van der Waals surface area contributed by atoms with Crippen LogP contribution in [0.2, 0.25) is 0 Å². The molecular weight excluding hydrogens is 286 g/mol. The number of amides is 1. The van der Waals surface area contributed by atoms with E-state index in [1.54, 1.807) is 6.92 Å². The molecule has 0 fully saturated rings. The van der Waals surface area contributed by atoms with E-state index in [2.05, 4.69) is 21.2 Å². The number of carboxylic acid groups (broad SMARTS) is 1. The number of carbonyl (C=O) groups is 2. The Bertz CT molecular complexity index is 619. The highest BCUT2D eigenvalue weighted by molar-refractivity contribution is 6.53. The molecule has 1 heterocycles. The molecule has 0 aromatic rings. The number of nitrogens with zero attached hydrogens (tertiary/aromatic N) is 2. The second-order valence-electron chi connectivity index (χ2n) is 3.62. The van der Waals surface area contributed by atoms with Gasteiger partial charge in [0, 0.05) is 19.2 Å². The van der Waals surface area contributed by atoms with Crippen molar-refractivity contribution in [3.05, 3.63) is 23.1 Å². The fourth-order valence-corrected chi connectivity index (χ4v) is 1.59. The maximum absolute atomic E-state index is 11.8. The Balaban J connectivity index is 0.00000211. The van der Waals surface area contributed by atoms with E-state index in [-0.39, 0.29) is 11.3 Å². The van der Waals surface area contributed by atoms with E-state index in [1.807, 2.05) is 13.8 Å². The first kappa shape index (κ1) is 19.1. The van der Waals surface area contributed by atoms with Gasteiger partial charge < -0.3 is 15.5 Å². The van der Waals surface area contributed by atoms with Gasteiger partial charge in [-0.3, -0.25) is 9.79 Å². The summed E-state index contributed by atoms with van der Waals surface area (Å²) in [5.41, 5.74) is -0.953. The van der Waals surface area contributed by atoms with Crippen LogP contribution >= 0.6 is 0 Å². The van der Waals surface area contributed by atoms with E-state index in [1.165, 1.54) is 7.05 Å². The number of allylic oxidation sites excluding steroid dienone is 2. The lowest BCUT2D eigenvalue weighted by molar-refractivity contribution is -0.129. The maximum Gasteiger partial charge on any atom is 0.355 e. The Hall–Kier alpha value is -2.88. The molecule has 7 nitrogen and oxygen atoms in total. The normalized spacial score (nSPS) is 17.3. The zero-order chi connectivity index (χ0) is 17.3. The van der Waals surface area contributed by atoms with Gasteiger partial charge in [-0.2, -0.15) is 0 Å². The predicted octanol–water partition coefficient (Wildman–Crippen LogP) is 1.09. The van der Waals surface area contributed by atoms with Crippen LogP contribution in [0.3, 0.4) is 0 Å². The van der Waals surface area contributed by atoms with Gasteiger partial charge in [-0.15, -0.1) is 6.42 Å². The summed E-state index contributed by atoms with van der Waals surface area (Å²) in [5, 5.41) is 21.6. The molecule has 7 heteroatoms. The number of aliphatic hydroxyl groups excluding tert-OH is 1. The minimum absolute atomic E-state index is 0.0203. The molecule has 1 amide bonds. The highest BCUT2D eigenvalue weighted by Crippen LogP contribution is 2.20. The summed E-state index contributed by atoms with van der Waals surface area (Å²) >= 11 is 0. The van der Waals surface area contributed by atoms with Crippen molar-refractivity contribution in [3.63, 3.8) is 0 Å². The lowest BCUT2D eigenvalue weighted by Gasteiger charge is -2.17. The van der Waals surface area contributed by atoms with Crippen LogP contribution < -0.4 is 5.32 Å². The van der Waals surface area contributed by atoms with Gasteiger partial charge in [-0.25, -0.2) is 9.79 Å². The Kier molecular flexibility index (Phi) is 7.93. The smallest absolute Gasteiger partial charge is 0.355 e. The molecule has 0 bridgehead atoms. The molecule has 0 saturated carbocycles. The first-order chi connectivity index (χ1) is 10.5. The van der Waals surface area contributed by atoms with Gasteiger partial charge in [0.05, 0.1) is 0 Å². The van der Waals surface area contributed by atoms with Crippen molar-refractivity contribution in [1.82, 2.24) is 5.32 Å². The van der Waals surface area contributed by atoms with Crippen molar-refractivity contribution in [2.45, 2.75) is 20.8 Å². The van der Waals surface area contributed by atoms with E-state index in [9.17, 15) is 14.7 Å². The Labute approximate surface area is 129 Å². The van der Waals surface area contributed by atoms with Gasteiger partial charge in [-0.1, -0.05) is 19.8 Å². The average Bonchev–Trinajstić information content (AvgIpc) is 2.50. The van der Waals surface area contributed by atoms with Crippen molar-refractivity contribution in [1.29, 1.82) is 0 Å². The number of carbonyl (C=O) groups excluding carboxylic acids is 1. The highest BCUT2D eigenvalue weighted by Gasteiger charge is 2.32. The summed E-state index contributed by atoms with van der Waals surface area (Å²) in [5.74, 6) is -0.418. The molecule has 1 aliphatic rings. The molecule has 0 atom stereocenters. The van der Waals surface area contributed by atoms with Gasteiger partial charge in [0.2, 0.25) is 0 Å². The zero-order valence-electron chi connectivity index (χ0n) is 13.0. The number of likely N-dealkylation sites (N-methyl/N-ethyl adjacent to an activating group) is 1. The Morgan fingerprint density at radius 1 is 1.45 bits per heavy atom. The molecule has 0 unspecified atom stereocenters. The monoisotopic (exact) mass is 305 g/mol. The first-order valence-electron chi connectivity index (χ1n) is 6.65. The summed E-state index contributed by atoms with van der Waals surface area (Å²) in [4.78, 5) is 30.4. The number of hydrogen-bond acceptors (Lipinski definition) is 5. The van der Waals surface area contributed by atoms with Crippen LogP contribution in [0.1, 0.15) is 20.8 Å². The third-order valence-corrected chi connectivity index (χ3v) is 2.39. The van der Waals surface area contributed by atoms with Crippen LogP contribution in [-0.4, -0.2) is 47.1 Å². The molecule has 0 aromatic heterocycles. The van der Waals surface area contributed by atoms with Gasteiger partial charge in [-0.05, 0) is 13.0 Å². The summed E-state index contributed by atoms with van der Waals surface area (Å²) < 4.78 is 0. The third kappa shape index (κ3) is 4.06. The van der Waals surface area contributed by atoms with Gasteiger partial charge >= 0.3 is 5.97 Å². The van der Waals surface area contributed by atoms with Crippen LogP contribution in [0.5, 0.6) is 0 Å². The number of aliphatic imine (C=N–C) groups is 2. The molecule has 0 spiro atoms. The van der Waals surface area contributed by atoms with Crippen molar-refractivity contribution in [2.24, 2.45) is 9.98 Å². The SMILES string of the molecule is C#C/C=C1/C(C(=O)O)=NC(C(=O)NCC)=C(O)C1=NC.CC. The Morgan fingerprint density at radius 3 is 2.45 bits per heavy atom. The van der Waals surface area contributed by atoms with E-state index in [0.29, 0.717) is 6.54 Å². The lowest BCUT2D eigenvalue weighted by Crippen LogP contribution is -2.33. The zero-order valence-corrected chi connectivity index (χ0v) is 13.0. The largest absolute Gasteiger partial charge is 0.504 e. The molecule has 0 saturated heterocycles. The maximum atomic E-state index is 11.8. The second-order valence-corrected chi connectivity index (χ2v) is 3.62. The minimum Gasteiger partial charge on any atom is -0.504 e. The molecular formula is C15H19N3O4. The average molecular weight is 305 g/mol. The van der Waals surface area contributed by atoms with E-state index < -0.39 is 29.0 Å². The van der Waals surface area contributed by atoms with E-state index in [0.717, 1.165) is 6.08 Å². The predicted molar refractivity (Wildman–Crippen MR) is 85.0 cm³/mol. The number of hydrogen-bond donors (Lipinski definition) is 3. The minimum atomic E-state index is -1.37. The van der Waals surface area contributed by atoms with Crippen molar-refractivity contribution in [2.75, 3.05) is 13.6 Å². The topological polar surface area (TPSA) is 111 Å². The fraction of sp³-hybridized carbons (Fsp3) is 0.333. The van der Waals surface area contributed by atoms with Crippen molar-refractivity contribution >= 4 is 23.3 Å². The molecule has 0 aromatic carbocycles. The van der Waals surface area contributed by atoms with E-state index >= 15 is 0 Å². The summed E-state index contributed by atoms with van der Waals surface area (Å²) in [6.07, 6.45) is 6.24. The molecule has 0 aliphatic carbocycles. The highest BCUT2D eigenvalue weighted by atomic mass is 16.4. The summed E-state index contributed by atoms with van der Waals surface area (Å²) in [7, 11) is 1.34. The summed E-state index contributed by atoms with van der Waals surface area (Å²) in [6, 6.07) is 0. The van der Waals surface area contributed by atoms with Gasteiger partial charge in [0.1, 0.15) is 5.71 Å². The number of aliphatic carboxylic acids is 1. The first-order valence-corrected chi connectivity index (χ1v) is 6.65. The number of carboxylic acids is 1. The van der Waals surface area contributed by atoms with Crippen LogP contribution in [0.4, 0.5) is 0 Å². The standard InChI is InChI=1S/C13H13N3O4.C2H6/c1-4-6-7-8(14-3)11(17)10(12(18)15-5-2)16-9(7)13(19)20;1-2/h1,6,17H,5H2,2-3H3,(H,15,18)(H,19,20);1-2H3/b7-6+,14-8?;. The fourth-order valence-electron chi connectivity index (χ4n) is 1.59. The Morgan fingerprint density at radius 2 is 2.05 bits per heavy atom. The van der Waals surface area contributed by atoms with Crippen LogP contribution in [-0.2, 0) is 9.59 Å². The van der Waals surface area contributed by atoms with E-state index in [4.69, 9.17) is 11.5 Å². The molecule has 1 aliphatic heterocycles. The number of nitrogens with one attached hydrogen (secondary N) is 1. The van der Waals surface area contributed by atoms with Crippen LogP contribution in [0, 0.1) is 12.3 Å². The summed E-state index contributed by atoms with van der Waals surface area (Å²) in [6.45, 7) is 5.98. The number of rotatable bonds is 3. The van der Waals surface area contributed by atoms with Crippen molar-refractivity contribution < 1.29 is 19.8 Å². The molecule has 3 N–H and O–H groups in total. The molecule has 22 heavy (non-hydrogen) atoms. The molecule has 0 radical (unpaired) electrons. The number of aliphatic hydroxyl groups is 1. The van der Waals surface area contributed by atoms with Gasteiger partial charge in [0.15, 0.2) is 17.2 Å². The quantitative estimate of drug-likeness (QED) is 0.677.